The maximum absolute atomic E-state index is 11.9. The minimum Gasteiger partial charge on any atom is -0.313 e. The van der Waals surface area contributed by atoms with Crippen LogP contribution in [0.5, 0.6) is 0 Å². The molecule has 0 bridgehead atoms. The monoisotopic (exact) mass is 349 g/mol. The highest BCUT2D eigenvalue weighted by Gasteiger charge is 2.37. The van der Waals surface area contributed by atoms with Crippen molar-refractivity contribution in [1.82, 2.24) is 24.3 Å². The molecule has 26 heavy (non-hydrogen) atoms. The van der Waals surface area contributed by atoms with Crippen LogP contribution < -0.4 is 5.56 Å². The van der Waals surface area contributed by atoms with Crippen LogP contribution in [0.2, 0.25) is 0 Å². The third kappa shape index (κ3) is 3.45. The number of hydrogen-bond acceptors (Lipinski definition) is 4. The van der Waals surface area contributed by atoms with Crippen LogP contribution in [0.4, 0.5) is 0 Å². The molecule has 134 valence electrons. The standard InChI is InChI=1S/C20H23N5O/c1-3-8-24-14-17(4-5-19(24)26)25-13-16(12-23-25)15-10-21-18(22-11-15)9-20(2)6-7-20/h4-5,10-14H,3,6-9H2,1-2H3. The number of aromatic nitrogens is 5. The van der Waals surface area contributed by atoms with Crippen LogP contribution in [0.1, 0.15) is 38.9 Å². The molecule has 0 radical (unpaired) electrons. The first-order valence-electron chi connectivity index (χ1n) is 9.13. The van der Waals surface area contributed by atoms with Crippen molar-refractivity contribution in [3.8, 4) is 16.8 Å². The SMILES string of the molecule is CCCn1cc(-n2cc(-c3cnc(CC4(C)CC4)nc3)cn2)ccc1=O. The Morgan fingerprint density at radius 1 is 1.08 bits per heavy atom. The summed E-state index contributed by atoms with van der Waals surface area (Å²) in [5.74, 6) is 0.910. The number of nitrogens with zero attached hydrogens (tertiary/aromatic N) is 5. The highest BCUT2D eigenvalue weighted by molar-refractivity contribution is 5.60. The summed E-state index contributed by atoms with van der Waals surface area (Å²) in [6, 6.07) is 3.38. The number of hydrogen-bond donors (Lipinski definition) is 0. The van der Waals surface area contributed by atoms with Crippen molar-refractivity contribution in [2.45, 2.75) is 46.1 Å². The van der Waals surface area contributed by atoms with Gasteiger partial charge >= 0.3 is 0 Å². The van der Waals surface area contributed by atoms with Crippen molar-refractivity contribution in [1.29, 1.82) is 0 Å². The predicted molar refractivity (Wildman–Crippen MR) is 100 cm³/mol. The van der Waals surface area contributed by atoms with Gasteiger partial charge in [0, 0.05) is 54.9 Å². The lowest BCUT2D eigenvalue weighted by Crippen LogP contribution is -2.19. The second kappa shape index (κ2) is 6.52. The second-order valence-electron chi connectivity index (χ2n) is 7.47. The Morgan fingerprint density at radius 3 is 2.54 bits per heavy atom. The van der Waals surface area contributed by atoms with Crippen molar-refractivity contribution in [2.24, 2.45) is 5.41 Å². The largest absolute Gasteiger partial charge is 0.313 e. The topological polar surface area (TPSA) is 65.6 Å². The maximum Gasteiger partial charge on any atom is 0.250 e. The van der Waals surface area contributed by atoms with Crippen LogP contribution in [0, 0.1) is 5.41 Å². The summed E-state index contributed by atoms with van der Waals surface area (Å²) in [4.78, 5) is 20.9. The van der Waals surface area contributed by atoms with Gasteiger partial charge in [-0.25, -0.2) is 14.6 Å². The molecule has 3 heterocycles. The molecule has 4 rings (SSSR count). The van der Waals surface area contributed by atoms with Crippen molar-refractivity contribution in [3.63, 3.8) is 0 Å². The van der Waals surface area contributed by atoms with E-state index in [2.05, 4.69) is 28.9 Å². The van der Waals surface area contributed by atoms with Crippen LogP contribution in [-0.4, -0.2) is 24.3 Å². The van der Waals surface area contributed by atoms with E-state index in [-0.39, 0.29) is 5.56 Å². The summed E-state index contributed by atoms with van der Waals surface area (Å²) in [5, 5.41) is 4.43. The van der Waals surface area contributed by atoms with Gasteiger partial charge in [0.05, 0.1) is 11.9 Å². The minimum atomic E-state index is 0.0105. The lowest BCUT2D eigenvalue weighted by Gasteiger charge is -2.07. The van der Waals surface area contributed by atoms with Gasteiger partial charge < -0.3 is 4.57 Å². The molecule has 0 N–H and O–H groups in total. The molecule has 6 nitrogen and oxygen atoms in total. The van der Waals surface area contributed by atoms with E-state index in [1.807, 2.05) is 24.8 Å². The number of pyridine rings is 1. The molecule has 1 fully saturated rings. The molecule has 0 spiro atoms. The van der Waals surface area contributed by atoms with Crippen molar-refractivity contribution in [3.05, 3.63) is 59.3 Å². The Morgan fingerprint density at radius 2 is 1.85 bits per heavy atom. The quantitative estimate of drug-likeness (QED) is 0.685. The Balaban J connectivity index is 1.56. The summed E-state index contributed by atoms with van der Waals surface area (Å²) in [7, 11) is 0. The fourth-order valence-corrected chi connectivity index (χ4v) is 3.05. The summed E-state index contributed by atoms with van der Waals surface area (Å²) < 4.78 is 3.49. The highest BCUT2D eigenvalue weighted by atomic mass is 16.1. The van der Waals surface area contributed by atoms with E-state index < -0.39 is 0 Å². The molecule has 1 saturated carbocycles. The average molecular weight is 349 g/mol. The summed E-state index contributed by atoms with van der Waals surface area (Å²) >= 11 is 0. The van der Waals surface area contributed by atoms with Crippen molar-refractivity contribution in [2.75, 3.05) is 0 Å². The molecule has 1 aliphatic rings. The summed E-state index contributed by atoms with van der Waals surface area (Å²) in [6.45, 7) is 5.04. The van der Waals surface area contributed by atoms with E-state index in [1.165, 1.54) is 12.8 Å². The van der Waals surface area contributed by atoms with Crippen LogP contribution in [0.25, 0.3) is 16.8 Å². The molecule has 0 aliphatic heterocycles. The molecule has 3 aromatic heterocycles. The van der Waals surface area contributed by atoms with E-state index in [9.17, 15) is 4.79 Å². The van der Waals surface area contributed by atoms with Gasteiger partial charge in [0.25, 0.3) is 5.56 Å². The maximum atomic E-state index is 11.9. The molecule has 0 aromatic carbocycles. The zero-order valence-electron chi connectivity index (χ0n) is 15.2. The third-order valence-corrected chi connectivity index (χ3v) is 5.01. The molecular formula is C20H23N5O. The zero-order valence-corrected chi connectivity index (χ0v) is 15.2. The first-order valence-corrected chi connectivity index (χ1v) is 9.13. The molecule has 6 heteroatoms. The predicted octanol–water partition coefficient (Wildman–Crippen LogP) is 3.24. The van der Waals surface area contributed by atoms with Gasteiger partial charge in [0.1, 0.15) is 5.82 Å². The lowest BCUT2D eigenvalue weighted by molar-refractivity contribution is 0.550. The van der Waals surface area contributed by atoms with Crippen LogP contribution >= 0.6 is 0 Å². The zero-order chi connectivity index (χ0) is 18.1. The van der Waals surface area contributed by atoms with Gasteiger partial charge in [0.2, 0.25) is 0 Å². The third-order valence-electron chi connectivity index (χ3n) is 5.01. The molecule has 0 atom stereocenters. The van der Waals surface area contributed by atoms with E-state index in [4.69, 9.17) is 0 Å². The van der Waals surface area contributed by atoms with Crippen LogP contribution in [0.3, 0.4) is 0 Å². The van der Waals surface area contributed by atoms with Gasteiger partial charge in [-0.15, -0.1) is 0 Å². The Bertz CT molecular complexity index is 966. The van der Waals surface area contributed by atoms with Gasteiger partial charge in [-0.05, 0) is 30.7 Å². The normalized spacial score (nSPS) is 15.2. The fourth-order valence-electron chi connectivity index (χ4n) is 3.05. The molecular weight excluding hydrogens is 326 g/mol. The summed E-state index contributed by atoms with van der Waals surface area (Å²) in [6.07, 6.45) is 13.7. The molecule has 0 unspecified atom stereocenters. The van der Waals surface area contributed by atoms with Gasteiger partial charge in [-0.1, -0.05) is 13.8 Å². The fraction of sp³-hybridized carbons (Fsp3) is 0.400. The first kappa shape index (κ1) is 16.7. The molecule has 1 aliphatic carbocycles. The molecule has 3 aromatic rings. The Labute approximate surface area is 152 Å². The van der Waals surface area contributed by atoms with E-state index in [1.54, 1.807) is 27.6 Å². The van der Waals surface area contributed by atoms with Crippen molar-refractivity contribution < 1.29 is 0 Å². The number of rotatable bonds is 6. The number of aryl methyl sites for hydroxylation is 1. The lowest BCUT2D eigenvalue weighted by atomic mass is 10.1. The van der Waals surface area contributed by atoms with E-state index >= 15 is 0 Å². The van der Waals surface area contributed by atoms with Gasteiger partial charge in [-0.3, -0.25) is 4.79 Å². The van der Waals surface area contributed by atoms with Gasteiger partial charge in [-0.2, -0.15) is 5.10 Å². The van der Waals surface area contributed by atoms with E-state index in [0.29, 0.717) is 12.0 Å². The summed E-state index contributed by atoms with van der Waals surface area (Å²) in [5.41, 5.74) is 3.19. The van der Waals surface area contributed by atoms with Crippen LogP contribution in [-0.2, 0) is 13.0 Å². The van der Waals surface area contributed by atoms with Crippen LogP contribution in [0.15, 0.2) is 47.9 Å². The Hall–Kier alpha value is -2.76. The average Bonchev–Trinajstić information content (AvgIpc) is 3.17. The Kier molecular flexibility index (Phi) is 4.18. The second-order valence-corrected chi connectivity index (χ2v) is 7.47. The minimum absolute atomic E-state index is 0.0105. The van der Waals surface area contributed by atoms with E-state index in [0.717, 1.165) is 35.5 Å². The smallest absolute Gasteiger partial charge is 0.250 e. The van der Waals surface area contributed by atoms with Crippen molar-refractivity contribution >= 4 is 0 Å². The van der Waals surface area contributed by atoms with Gasteiger partial charge in [0.15, 0.2) is 0 Å². The first-order chi connectivity index (χ1) is 12.6. The molecule has 0 amide bonds. The highest BCUT2D eigenvalue weighted by Crippen LogP contribution is 2.47. The molecule has 0 saturated heterocycles.